The molecule has 15 nitrogen and oxygen atoms in total. The van der Waals surface area contributed by atoms with E-state index in [1.165, 1.54) is 0 Å². The van der Waals surface area contributed by atoms with E-state index in [0.717, 1.165) is 16.8 Å². The molecule has 5 N–H and O–H groups in total. The number of nitrogens with zero attached hydrogens (tertiary/aromatic N) is 1. The Morgan fingerprint density at radius 1 is 1.17 bits per heavy atom. The van der Waals surface area contributed by atoms with Crippen LogP contribution in [-0.4, -0.2) is 48.0 Å². The Bertz CT molecular complexity index is 1020. The third kappa shape index (κ3) is 6.74. The van der Waals surface area contributed by atoms with Gasteiger partial charge in [0.2, 0.25) is 0 Å². The summed E-state index contributed by atoms with van der Waals surface area (Å²) in [4.78, 5) is 60.5. The molecule has 1 aliphatic rings. The van der Waals surface area contributed by atoms with Crippen molar-refractivity contribution in [2.45, 2.75) is 31.8 Å². The number of hydrogen-bond donors (Lipinski definition) is 5. The van der Waals surface area contributed by atoms with Crippen molar-refractivity contribution in [3.05, 3.63) is 33.1 Å². The van der Waals surface area contributed by atoms with E-state index in [2.05, 4.69) is 13.1 Å². The summed E-state index contributed by atoms with van der Waals surface area (Å²) in [5.74, 6) is -0.957. The lowest BCUT2D eigenvalue weighted by molar-refractivity contribution is -0.0419. The van der Waals surface area contributed by atoms with Gasteiger partial charge in [0.15, 0.2) is 12.4 Å². The lowest BCUT2D eigenvalue weighted by Crippen LogP contribution is -2.34. The monoisotopic (exact) mass is 498 g/mol. The summed E-state index contributed by atoms with van der Waals surface area (Å²) in [6.45, 7) is 0.688. The van der Waals surface area contributed by atoms with Crippen LogP contribution in [0.2, 0.25) is 0 Å². The van der Waals surface area contributed by atoms with E-state index in [1.54, 1.807) is 6.92 Å². The van der Waals surface area contributed by atoms with E-state index in [-0.39, 0.29) is 6.42 Å². The molecule has 1 saturated heterocycles. The van der Waals surface area contributed by atoms with Crippen LogP contribution in [0.1, 0.15) is 19.6 Å². The van der Waals surface area contributed by atoms with Crippen molar-refractivity contribution in [3.8, 4) is 0 Å². The van der Waals surface area contributed by atoms with E-state index < -0.39 is 65.7 Å². The maximum absolute atomic E-state index is 14.8. The van der Waals surface area contributed by atoms with Gasteiger partial charge in [-0.1, -0.05) is 6.92 Å². The number of phosphoric ester groups is 1. The average molecular weight is 498 g/mol. The number of halogens is 1. The van der Waals surface area contributed by atoms with Crippen LogP contribution in [0.15, 0.2) is 21.9 Å². The van der Waals surface area contributed by atoms with Crippen LogP contribution in [0.25, 0.3) is 0 Å². The minimum Gasteiger partial charge on any atom is -0.349 e. The molecule has 1 aromatic rings. The van der Waals surface area contributed by atoms with Gasteiger partial charge in [0, 0.05) is 18.2 Å². The zero-order valence-corrected chi connectivity index (χ0v) is 17.7. The maximum Gasteiger partial charge on any atom is 0.490 e. The Balaban J connectivity index is 2.11. The zero-order chi connectivity index (χ0) is 22.9. The first kappa shape index (κ1) is 25.2. The summed E-state index contributed by atoms with van der Waals surface area (Å²) in [5, 5.41) is 0. The van der Waals surface area contributed by atoms with E-state index >= 15 is 0 Å². The summed E-state index contributed by atoms with van der Waals surface area (Å²) >= 11 is 0. The van der Waals surface area contributed by atoms with Gasteiger partial charge in [0.1, 0.15) is 0 Å². The molecule has 2 rings (SSSR count). The summed E-state index contributed by atoms with van der Waals surface area (Å²) < 4.78 is 66.2. The first-order chi connectivity index (χ1) is 13.6. The SMILES string of the molecule is CC[C@H]1[C@@H](F)[C@H](n2ccc(=O)[nH]c2=O)O[C@@H]1COP(=O)(O)OP(=O)(O)OP(=O)(O)O. The Hall–Kier alpha value is -1.02. The topological polar surface area (TPSA) is 224 Å². The molecule has 0 radical (unpaired) electrons. The van der Waals surface area contributed by atoms with Gasteiger partial charge in [0.05, 0.1) is 12.7 Å². The zero-order valence-electron chi connectivity index (χ0n) is 15.0. The lowest BCUT2D eigenvalue weighted by atomic mass is 9.96. The molecular formula is C11H18FN2O13P3. The highest BCUT2D eigenvalue weighted by atomic mass is 31.3. The smallest absolute Gasteiger partial charge is 0.349 e. The first-order valence-corrected chi connectivity index (χ1v) is 12.6. The van der Waals surface area contributed by atoms with Crippen molar-refractivity contribution in [3.63, 3.8) is 0 Å². The molecule has 0 amide bonds. The molecule has 0 aliphatic carbocycles. The lowest BCUT2D eigenvalue weighted by Gasteiger charge is -2.20. The van der Waals surface area contributed by atoms with Gasteiger partial charge in [0.25, 0.3) is 5.56 Å². The number of hydrogen-bond acceptors (Lipinski definition) is 9. The molecule has 0 bridgehead atoms. The van der Waals surface area contributed by atoms with Crippen molar-refractivity contribution in [2.24, 2.45) is 5.92 Å². The standard InChI is InChI=1S/C11H18FN2O13P3/c1-2-6-7(5-24-29(20,21)27-30(22,23)26-28(17,18)19)25-10(9(6)12)14-4-3-8(15)13-11(14)16/h3-4,6-7,9-10H,2,5H2,1H3,(H,20,21)(H,22,23)(H,13,15,16)(H2,17,18,19)/t6-,7-,9-,10-/m1/s1. The molecule has 2 unspecified atom stereocenters. The third-order valence-corrected chi connectivity index (χ3v) is 7.69. The van der Waals surface area contributed by atoms with Gasteiger partial charge in [-0.25, -0.2) is 22.9 Å². The fourth-order valence-electron chi connectivity index (χ4n) is 2.74. The van der Waals surface area contributed by atoms with Crippen LogP contribution in [-0.2, 0) is 31.6 Å². The Kier molecular flexibility index (Phi) is 7.76. The quantitative estimate of drug-likeness (QED) is 0.286. The molecule has 19 heteroatoms. The normalized spacial score (nSPS) is 28.7. The van der Waals surface area contributed by atoms with Gasteiger partial charge in [-0.3, -0.25) is 18.9 Å². The molecule has 30 heavy (non-hydrogen) atoms. The highest BCUT2D eigenvalue weighted by Gasteiger charge is 2.47. The summed E-state index contributed by atoms with van der Waals surface area (Å²) in [6, 6.07) is 0.956. The van der Waals surface area contributed by atoms with E-state index in [9.17, 15) is 32.6 Å². The number of rotatable bonds is 9. The molecule has 0 aromatic carbocycles. The average Bonchev–Trinajstić information content (AvgIpc) is 2.85. The number of aromatic amines is 1. The predicted molar refractivity (Wildman–Crippen MR) is 93.7 cm³/mol. The highest BCUT2D eigenvalue weighted by Crippen LogP contribution is 2.66. The van der Waals surface area contributed by atoms with E-state index in [1.807, 2.05) is 4.98 Å². The third-order valence-electron chi connectivity index (χ3n) is 3.89. The largest absolute Gasteiger partial charge is 0.490 e. The highest BCUT2D eigenvalue weighted by molar-refractivity contribution is 7.66. The van der Waals surface area contributed by atoms with Crippen LogP contribution in [0, 0.1) is 5.92 Å². The van der Waals surface area contributed by atoms with Crippen molar-refractivity contribution in [1.29, 1.82) is 0 Å². The second-order valence-electron chi connectivity index (χ2n) is 5.99. The van der Waals surface area contributed by atoms with Gasteiger partial charge in [-0.2, -0.15) is 8.62 Å². The van der Waals surface area contributed by atoms with Crippen LogP contribution in [0.4, 0.5) is 4.39 Å². The molecule has 1 fully saturated rings. The Morgan fingerprint density at radius 2 is 1.80 bits per heavy atom. The molecule has 6 atom stereocenters. The minimum atomic E-state index is -5.70. The van der Waals surface area contributed by atoms with Crippen LogP contribution >= 0.6 is 23.5 Å². The van der Waals surface area contributed by atoms with Crippen LogP contribution in [0.3, 0.4) is 0 Å². The first-order valence-electron chi connectivity index (χ1n) is 8.03. The fraction of sp³-hybridized carbons (Fsp3) is 0.636. The van der Waals surface area contributed by atoms with E-state index in [0.29, 0.717) is 0 Å². The summed E-state index contributed by atoms with van der Waals surface area (Å²) in [5.41, 5.74) is -1.68. The number of H-pyrrole nitrogens is 1. The molecule has 172 valence electrons. The second kappa shape index (κ2) is 9.23. The van der Waals surface area contributed by atoms with Crippen LogP contribution < -0.4 is 11.2 Å². The Morgan fingerprint density at radius 3 is 2.33 bits per heavy atom. The second-order valence-corrected chi connectivity index (χ2v) is 10.4. The van der Waals surface area contributed by atoms with Gasteiger partial charge < -0.3 is 24.3 Å². The van der Waals surface area contributed by atoms with Gasteiger partial charge in [-0.05, 0) is 6.42 Å². The number of ether oxygens (including phenoxy) is 1. The van der Waals surface area contributed by atoms with E-state index in [4.69, 9.17) is 19.4 Å². The number of alkyl halides is 1. The van der Waals surface area contributed by atoms with Crippen molar-refractivity contribution >= 4 is 23.5 Å². The van der Waals surface area contributed by atoms with Gasteiger partial charge >= 0.3 is 29.2 Å². The molecule has 2 heterocycles. The summed E-state index contributed by atoms with van der Waals surface area (Å²) in [7, 11) is -16.7. The molecule has 0 spiro atoms. The minimum absolute atomic E-state index is 0.125. The number of aromatic nitrogens is 2. The number of nitrogens with one attached hydrogen (secondary N) is 1. The van der Waals surface area contributed by atoms with Crippen molar-refractivity contribution < 1.29 is 55.5 Å². The van der Waals surface area contributed by atoms with Crippen molar-refractivity contribution in [1.82, 2.24) is 9.55 Å². The molecule has 1 aliphatic heterocycles. The summed E-state index contributed by atoms with van der Waals surface area (Å²) in [6.07, 6.45) is -3.42. The molecule has 1 aromatic heterocycles. The van der Waals surface area contributed by atoms with Gasteiger partial charge in [-0.15, -0.1) is 0 Å². The van der Waals surface area contributed by atoms with Crippen molar-refractivity contribution in [2.75, 3.05) is 6.61 Å². The fourth-order valence-corrected chi connectivity index (χ4v) is 5.77. The predicted octanol–water partition coefficient (Wildman–Crippen LogP) is 0.142. The Labute approximate surface area is 166 Å². The molecule has 0 saturated carbocycles. The number of phosphoric acid groups is 3. The van der Waals surface area contributed by atoms with Crippen LogP contribution in [0.5, 0.6) is 0 Å². The maximum atomic E-state index is 14.8. The molecular weight excluding hydrogens is 480 g/mol.